The number of aromatic nitrogens is 1. The number of hydrogen-bond acceptors (Lipinski definition) is 3. The van der Waals surface area contributed by atoms with Crippen LogP contribution in [0.4, 0.5) is 0 Å². The van der Waals surface area contributed by atoms with Crippen molar-refractivity contribution < 1.29 is 4.42 Å². The average Bonchev–Trinajstić information content (AvgIpc) is 2.83. The second-order valence-electron chi connectivity index (χ2n) is 6.77. The molecule has 0 unspecified atom stereocenters. The Morgan fingerprint density at radius 1 is 1.16 bits per heavy atom. The standard InChI is InChI=1S/C16H20N2O/c17-3-1-2-15-18-9-14(19-15)16-12-5-10-4-11(7-12)8-13(16)6-10/h9-13,16H,1-2,4-8H2. The zero-order chi connectivity index (χ0) is 12.8. The molecule has 4 bridgehead atoms. The van der Waals surface area contributed by atoms with Crippen LogP contribution in [0, 0.1) is 35.0 Å². The summed E-state index contributed by atoms with van der Waals surface area (Å²) in [7, 11) is 0. The summed E-state index contributed by atoms with van der Waals surface area (Å²) < 4.78 is 5.95. The van der Waals surface area contributed by atoms with Crippen LogP contribution in [0.2, 0.25) is 0 Å². The van der Waals surface area contributed by atoms with Crippen molar-refractivity contribution in [3.8, 4) is 6.07 Å². The molecule has 0 N–H and O–H groups in total. The van der Waals surface area contributed by atoms with E-state index in [4.69, 9.17) is 9.68 Å². The molecule has 0 amide bonds. The van der Waals surface area contributed by atoms with E-state index in [0.717, 1.165) is 35.3 Å². The van der Waals surface area contributed by atoms with E-state index in [-0.39, 0.29) is 0 Å². The highest BCUT2D eigenvalue weighted by Crippen LogP contribution is 2.59. The lowest BCUT2D eigenvalue weighted by molar-refractivity contribution is -0.00991. The molecule has 19 heavy (non-hydrogen) atoms. The van der Waals surface area contributed by atoms with Crippen molar-refractivity contribution in [1.82, 2.24) is 4.98 Å². The molecule has 0 radical (unpaired) electrons. The van der Waals surface area contributed by atoms with Crippen molar-refractivity contribution in [2.24, 2.45) is 23.7 Å². The summed E-state index contributed by atoms with van der Waals surface area (Å²) in [6.45, 7) is 0. The van der Waals surface area contributed by atoms with Gasteiger partial charge >= 0.3 is 0 Å². The normalized spacial score (nSPS) is 39.4. The molecule has 0 aliphatic heterocycles. The van der Waals surface area contributed by atoms with Gasteiger partial charge in [-0.3, -0.25) is 0 Å². The molecule has 3 heteroatoms. The van der Waals surface area contributed by atoms with Crippen LogP contribution in [0.15, 0.2) is 10.6 Å². The van der Waals surface area contributed by atoms with Gasteiger partial charge in [0, 0.05) is 18.8 Å². The second kappa shape index (κ2) is 4.37. The lowest BCUT2D eigenvalue weighted by atomic mass is 9.51. The largest absolute Gasteiger partial charge is 0.445 e. The Kier molecular flexibility index (Phi) is 2.65. The Labute approximate surface area is 114 Å². The quantitative estimate of drug-likeness (QED) is 0.829. The van der Waals surface area contributed by atoms with Crippen molar-refractivity contribution in [3.63, 3.8) is 0 Å². The first kappa shape index (κ1) is 11.5. The third-order valence-corrected chi connectivity index (χ3v) is 5.58. The van der Waals surface area contributed by atoms with Crippen LogP contribution >= 0.6 is 0 Å². The highest BCUT2D eigenvalue weighted by atomic mass is 16.4. The molecule has 0 saturated heterocycles. The van der Waals surface area contributed by atoms with E-state index in [1.54, 1.807) is 0 Å². The highest BCUT2D eigenvalue weighted by molar-refractivity contribution is 5.13. The fourth-order valence-corrected chi connectivity index (χ4v) is 5.15. The van der Waals surface area contributed by atoms with Gasteiger partial charge in [0.2, 0.25) is 0 Å². The SMILES string of the molecule is N#CCCc1ncc(C2C3CC4CC(C3)CC2C4)o1. The van der Waals surface area contributed by atoms with Gasteiger partial charge in [0.25, 0.3) is 0 Å². The van der Waals surface area contributed by atoms with Crippen LogP contribution in [0.1, 0.15) is 56.1 Å². The molecular formula is C16H20N2O. The maximum Gasteiger partial charge on any atom is 0.195 e. The molecule has 100 valence electrons. The second-order valence-corrected chi connectivity index (χ2v) is 6.77. The summed E-state index contributed by atoms with van der Waals surface area (Å²) in [6, 6.07) is 2.16. The van der Waals surface area contributed by atoms with Gasteiger partial charge in [0.05, 0.1) is 12.3 Å². The minimum atomic E-state index is 0.502. The lowest BCUT2D eigenvalue weighted by Crippen LogP contribution is -2.43. The van der Waals surface area contributed by atoms with Crippen molar-refractivity contribution in [2.75, 3.05) is 0 Å². The fourth-order valence-electron chi connectivity index (χ4n) is 5.15. The molecule has 0 atom stereocenters. The first-order valence-electron chi connectivity index (χ1n) is 7.65. The summed E-state index contributed by atoms with van der Waals surface area (Å²) >= 11 is 0. The maximum absolute atomic E-state index is 8.63. The third-order valence-electron chi connectivity index (χ3n) is 5.58. The molecule has 1 aromatic heterocycles. The van der Waals surface area contributed by atoms with Gasteiger partial charge in [0.15, 0.2) is 5.89 Å². The summed E-state index contributed by atoms with van der Waals surface area (Å²) in [5, 5.41) is 8.63. The number of nitriles is 1. The summed E-state index contributed by atoms with van der Waals surface area (Å²) in [5.41, 5.74) is 0. The summed E-state index contributed by atoms with van der Waals surface area (Å²) in [4.78, 5) is 4.37. The van der Waals surface area contributed by atoms with Gasteiger partial charge in [-0.25, -0.2) is 4.98 Å². The van der Waals surface area contributed by atoms with Crippen molar-refractivity contribution in [1.29, 1.82) is 5.26 Å². The minimum absolute atomic E-state index is 0.502. The molecule has 4 saturated carbocycles. The Bertz CT molecular complexity index is 485. The fraction of sp³-hybridized carbons (Fsp3) is 0.750. The number of oxazole rings is 1. The van der Waals surface area contributed by atoms with E-state index in [1.807, 2.05) is 6.20 Å². The molecule has 3 nitrogen and oxygen atoms in total. The van der Waals surface area contributed by atoms with Gasteiger partial charge < -0.3 is 4.42 Å². The number of rotatable bonds is 3. The Balaban J connectivity index is 1.56. The van der Waals surface area contributed by atoms with E-state index in [1.165, 1.54) is 32.1 Å². The zero-order valence-corrected chi connectivity index (χ0v) is 11.2. The number of nitrogens with zero attached hydrogens (tertiary/aromatic N) is 2. The zero-order valence-electron chi connectivity index (χ0n) is 11.2. The average molecular weight is 256 g/mol. The van der Waals surface area contributed by atoms with E-state index in [0.29, 0.717) is 18.8 Å². The van der Waals surface area contributed by atoms with Crippen molar-refractivity contribution in [2.45, 2.75) is 50.9 Å². The van der Waals surface area contributed by atoms with E-state index in [9.17, 15) is 0 Å². The van der Waals surface area contributed by atoms with Crippen LogP contribution in [0.3, 0.4) is 0 Å². The minimum Gasteiger partial charge on any atom is -0.445 e. The van der Waals surface area contributed by atoms with Gasteiger partial charge in [-0.1, -0.05) is 0 Å². The van der Waals surface area contributed by atoms with E-state index >= 15 is 0 Å². The molecule has 4 aliphatic rings. The smallest absolute Gasteiger partial charge is 0.195 e. The predicted octanol–water partition coefficient (Wildman–Crippen LogP) is 3.67. The van der Waals surface area contributed by atoms with Crippen LogP contribution in [0.25, 0.3) is 0 Å². The molecule has 4 fully saturated rings. The Morgan fingerprint density at radius 3 is 2.47 bits per heavy atom. The van der Waals surface area contributed by atoms with Gasteiger partial charge in [-0.2, -0.15) is 5.26 Å². The van der Waals surface area contributed by atoms with Gasteiger partial charge in [-0.15, -0.1) is 0 Å². The molecule has 5 rings (SSSR count). The van der Waals surface area contributed by atoms with Crippen LogP contribution in [0.5, 0.6) is 0 Å². The first-order chi connectivity index (χ1) is 9.33. The van der Waals surface area contributed by atoms with Crippen LogP contribution in [-0.2, 0) is 6.42 Å². The van der Waals surface area contributed by atoms with Gasteiger partial charge in [-0.05, 0) is 55.8 Å². The maximum atomic E-state index is 8.63. The van der Waals surface area contributed by atoms with Crippen molar-refractivity contribution in [3.05, 3.63) is 17.8 Å². The first-order valence-corrected chi connectivity index (χ1v) is 7.65. The number of hydrogen-bond donors (Lipinski definition) is 0. The predicted molar refractivity (Wildman–Crippen MR) is 70.2 cm³/mol. The van der Waals surface area contributed by atoms with Crippen molar-refractivity contribution >= 4 is 0 Å². The summed E-state index contributed by atoms with van der Waals surface area (Å²) in [6.07, 6.45) is 10.2. The molecular weight excluding hydrogens is 236 g/mol. The van der Waals surface area contributed by atoms with Gasteiger partial charge in [0.1, 0.15) is 5.76 Å². The molecule has 0 aromatic carbocycles. The van der Waals surface area contributed by atoms with Crippen LogP contribution < -0.4 is 0 Å². The number of aryl methyl sites for hydroxylation is 1. The third kappa shape index (κ3) is 1.89. The van der Waals surface area contributed by atoms with E-state index < -0.39 is 0 Å². The molecule has 1 heterocycles. The topological polar surface area (TPSA) is 49.8 Å². The highest BCUT2D eigenvalue weighted by Gasteiger charge is 2.49. The summed E-state index contributed by atoms with van der Waals surface area (Å²) in [5.74, 6) is 6.17. The van der Waals surface area contributed by atoms with Crippen LogP contribution in [-0.4, -0.2) is 4.98 Å². The van der Waals surface area contributed by atoms with E-state index in [2.05, 4.69) is 11.1 Å². The molecule has 1 aromatic rings. The molecule has 4 aliphatic carbocycles. The molecule has 0 spiro atoms. The Morgan fingerprint density at radius 2 is 1.84 bits per heavy atom. The lowest BCUT2D eigenvalue weighted by Gasteiger charge is -2.53. The monoisotopic (exact) mass is 256 g/mol. The Hall–Kier alpha value is -1.30.